The van der Waals surface area contributed by atoms with Crippen LogP contribution in [0.5, 0.6) is 0 Å². The quantitative estimate of drug-likeness (QED) is 0.346. The lowest BCUT2D eigenvalue weighted by molar-refractivity contribution is -0.120. The summed E-state index contributed by atoms with van der Waals surface area (Å²) < 4.78 is 11.0. The van der Waals surface area contributed by atoms with Crippen LogP contribution in [0.15, 0.2) is 4.99 Å². The number of amides is 1. The highest BCUT2D eigenvalue weighted by molar-refractivity contribution is 5.86. The first kappa shape index (κ1) is 19.0. The van der Waals surface area contributed by atoms with Gasteiger partial charge in [0.15, 0.2) is 5.96 Å². The number of aliphatic imine (C=N–C) groups is 1. The van der Waals surface area contributed by atoms with Gasteiger partial charge in [0.05, 0.1) is 19.3 Å². The smallest absolute Gasteiger partial charge is 0.239 e. The van der Waals surface area contributed by atoms with Crippen LogP contribution in [-0.4, -0.2) is 64.0 Å². The SMILES string of the molecule is CN=C(NCCCOC1CCOC1)NCC(=O)NC1CCCCC1. The zero-order valence-corrected chi connectivity index (χ0v) is 14.8. The molecule has 2 aliphatic rings. The number of nitrogens with one attached hydrogen (secondary N) is 3. The maximum atomic E-state index is 12.0. The molecule has 7 nitrogen and oxygen atoms in total. The van der Waals surface area contributed by atoms with Crippen molar-refractivity contribution in [2.75, 3.05) is 40.0 Å². The highest BCUT2D eigenvalue weighted by Crippen LogP contribution is 2.17. The van der Waals surface area contributed by atoms with Crippen LogP contribution in [-0.2, 0) is 14.3 Å². The summed E-state index contributed by atoms with van der Waals surface area (Å²) in [5, 5.41) is 9.35. The second kappa shape index (κ2) is 11.3. The van der Waals surface area contributed by atoms with E-state index in [1.54, 1.807) is 7.05 Å². The van der Waals surface area contributed by atoms with Crippen molar-refractivity contribution < 1.29 is 14.3 Å². The van der Waals surface area contributed by atoms with Gasteiger partial charge in [0.2, 0.25) is 5.91 Å². The third-order valence-electron chi connectivity index (χ3n) is 4.47. The molecule has 0 aromatic rings. The van der Waals surface area contributed by atoms with Crippen molar-refractivity contribution in [3.8, 4) is 0 Å². The predicted molar refractivity (Wildman–Crippen MR) is 94.2 cm³/mol. The molecular weight excluding hydrogens is 308 g/mol. The molecule has 0 bridgehead atoms. The highest BCUT2D eigenvalue weighted by Gasteiger charge is 2.16. The molecule has 0 spiro atoms. The van der Waals surface area contributed by atoms with Gasteiger partial charge in [-0.15, -0.1) is 0 Å². The van der Waals surface area contributed by atoms with Crippen molar-refractivity contribution in [1.29, 1.82) is 0 Å². The second-order valence-corrected chi connectivity index (χ2v) is 6.46. The Kier molecular flexibility index (Phi) is 8.91. The van der Waals surface area contributed by atoms with Crippen LogP contribution in [0.25, 0.3) is 0 Å². The molecular formula is C17H32N4O3. The summed E-state index contributed by atoms with van der Waals surface area (Å²) in [6.45, 7) is 3.25. The Morgan fingerprint density at radius 3 is 2.75 bits per heavy atom. The number of carbonyl (C=O) groups is 1. The molecule has 1 aliphatic carbocycles. The zero-order chi connectivity index (χ0) is 17.0. The molecule has 2 rings (SSSR count). The zero-order valence-electron chi connectivity index (χ0n) is 14.8. The molecule has 1 amide bonds. The molecule has 3 N–H and O–H groups in total. The van der Waals surface area contributed by atoms with E-state index in [4.69, 9.17) is 9.47 Å². The number of carbonyl (C=O) groups excluding carboxylic acids is 1. The van der Waals surface area contributed by atoms with Gasteiger partial charge in [0.1, 0.15) is 0 Å². The van der Waals surface area contributed by atoms with E-state index in [1.807, 2.05) is 0 Å². The fourth-order valence-electron chi connectivity index (χ4n) is 3.08. The maximum Gasteiger partial charge on any atom is 0.239 e. The Balaban J connectivity index is 1.50. The molecule has 1 saturated heterocycles. The van der Waals surface area contributed by atoms with E-state index in [9.17, 15) is 4.79 Å². The van der Waals surface area contributed by atoms with Crippen molar-refractivity contribution in [3.05, 3.63) is 0 Å². The molecule has 0 radical (unpaired) electrons. The van der Waals surface area contributed by atoms with Crippen molar-refractivity contribution in [1.82, 2.24) is 16.0 Å². The summed E-state index contributed by atoms with van der Waals surface area (Å²) in [4.78, 5) is 16.1. The molecule has 138 valence electrons. The minimum atomic E-state index is 0.0365. The number of hydrogen-bond acceptors (Lipinski definition) is 4. The fourth-order valence-corrected chi connectivity index (χ4v) is 3.08. The molecule has 0 aromatic heterocycles. The first-order valence-electron chi connectivity index (χ1n) is 9.21. The van der Waals surface area contributed by atoms with Crippen LogP contribution in [0.2, 0.25) is 0 Å². The van der Waals surface area contributed by atoms with Gasteiger partial charge in [-0.05, 0) is 25.7 Å². The third-order valence-corrected chi connectivity index (χ3v) is 4.47. The Bertz CT molecular complexity index is 391. The van der Waals surface area contributed by atoms with Gasteiger partial charge in [0.25, 0.3) is 0 Å². The monoisotopic (exact) mass is 340 g/mol. The molecule has 0 aromatic carbocycles. The largest absolute Gasteiger partial charge is 0.379 e. The van der Waals surface area contributed by atoms with Gasteiger partial charge >= 0.3 is 0 Å². The minimum absolute atomic E-state index is 0.0365. The number of ether oxygens (including phenoxy) is 2. The van der Waals surface area contributed by atoms with Crippen LogP contribution in [0.1, 0.15) is 44.9 Å². The Labute approximate surface area is 145 Å². The van der Waals surface area contributed by atoms with Crippen LogP contribution in [0, 0.1) is 0 Å². The summed E-state index contributed by atoms with van der Waals surface area (Å²) in [7, 11) is 1.71. The van der Waals surface area contributed by atoms with E-state index in [2.05, 4.69) is 20.9 Å². The molecule has 1 atom stereocenters. The first-order chi connectivity index (χ1) is 11.8. The molecule has 1 aliphatic heterocycles. The van der Waals surface area contributed by atoms with Crippen LogP contribution in [0.3, 0.4) is 0 Å². The molecule has 1 saturated carbocycles. The van der Waals surface area contributed by atoms with Crippen LogP contribution < -0.4 is 16.0 Å². The first-order valence-corrected chi connectivity index (χ1v) is 9.21. The maximum absolute atomic E-state index is 12.0. The van der Waals surface area contributed by atoms with Gasteiger partial charge in [-0.3, -0.25) is 9.79 Å². The number of guanidine groups is 1. The minimum Gasteiger partial charge on any atom is -0.379 e. The summed E-state index contributed by atoms with van der Waals surface area (Å²) in [5.74, 6) is 0.687. The molecule has 1 heterocycles. The summed E-state index contributed by atoms with van der Waals surface area (Å²) in [5.41, 5.74) is 0. The lowest BCUT2D eigenvalue weighted by Crippen LogP contribution is -2.46. The van der Waals surface area contributed by atoms with Crippen molar-refractivity contribution >= 4 is 11.9 Å². The molecule has 1 unspecified atom stereocenters. The lowest BCUT2D eigenvalue weighted by atomic mass is 9.95. The third kappa shape index (κ3) is 7.49. The molecule has 2 fully saturated rings. The number of rotatable bonds is 8. The van der Waals surface area contributed by atoms with Gasteiger partial charge < -0.3 is 25.4 Å². The summed E-state index contributed by atoms with van der Waals surface area (Å²) in [6.07, 6.45) is 8.07. The summed E-state index contributed by atoms with van der Waals surface area (Å²) in [6, 6.07) is 0.347. The second-order valence-electron chi connectivity index (χ2n) is 6.46. The Hall–Kier alpha value is -1.34. The van der Waals surface area contributed by atoms with E-state index in [0.717, 1.165) is 38.8 Å². The predicted octanol–water partition coefficient (Wildman–Crippen LogP) is 0.796. The number of hydrogen-bond donors (Lipinski definition) is 3. The van der Waals surface area contributed by atoms with Gasteiger partial charge in [-0.1, -0.05) is 19.3 Å². The molecule has 7 heteroatoms. The molecule has 24 heavy (non-hydrogen) atoms. The number of nitrogens with zero attached hydrogens (tertiary/aromatic N) is 1. The average Bonchev–Trinajstić information content (AvgIpc) is 3.11. The van der Waals surface area contributed by atoms with E-state index >= 15 is 0 Å². The standard InChI is InChI=1S/C17H32N4O3/c1-18-17(19-9-5-10-24-15-8-11-23-13-15)20-12-16(22)21-14-6-3-2-4-7-14/h14-15H,2-13H2,1H3,(H,21,22)(H2,18,19,20). The van der Waals surface area contributed by atoms with Crippen molar-refractivity contribution in [2.24, 2.45) is 4.99 Å². The van der Waals surface area contributed by atoms with E-state index in [0.29, 0.717) is 25.2 Å². The van der Waals surface area contributed by atoms with Crippen LogP contribution in [0.4, 0.5) is 0 Å². The fraction of sp³-hybridized carbons (Fsp3) is 0.882. The van der Waals surface area contributed by atoms with Crippen molar-refractivity contribution in [2.45, 2.75) is 57.1 Å². The normalized spacial score (nSPS) is 22.4. The highest BCUT2D eigenvalue weighted by atomic mass is 16.5. The van der Waals surface area contributed by atoms with Crippen molar-refractivity contribution in [3.63, 3.8) is 0 Å². The van der Waals surface area contributed by atoms with E-state index < -0.39 is 0 Å². The van der Waals surface area contributed by atoms with Gasteiger partial charge in [0, 0.05) is 32.8 Å². The van der Waals surface area contributed by atoms with Gasteiger partial charge in [-0.2, -0.15) is 0 Å². The Morgan fingerprint density at radius 1 is 1.21 bits per heavy atom. The average molecular weight is 340 g/mol. The van der Waals surface area contributed by atoms with Gasteiger partial charge in [-0.25, -0.2) is 0 Å². The van der Waals surface area contributed by atoms with E-state index in [1.165, 1.54) is 19.3 Å². The van der Waals surface area contributed by atoms with Crippen LogP contribution >= 0.6 is 0 Å². The Morgan fingerprint density at radius 2 is 2.04 bits per heavy atom. The lowest BCUT2D eigenvalue weighted by Gasteiger charge is -2.23. The summed E-state index contributed by atoms with van der Waals surface area (Å²) >= 11 is 0. The topological polar surface area (TPSA) is 84.0 Å². The van der Waals surface area contributed by atoms with E-state index in [-0.39, 0.29) is 18.6 Å².